The summed E-state index contributed by atoms with van der Waals surface area (Å²) >= 11 is 0. The lowest BCUT2D eigenvalue weighted by atomic mass is 9.97. The third-order valence-electron chi connectivity index (χ3n) is 10.9. The number of quaternary nitrogens is 2. The summed E-state index contributed by atoms with van der Waals surface area (Å²) in [6.45, 7) is 13.3. The number of aryl methyl sites for hydroxylation is 2. The summed E-state index contributed by atoms with van der Waals surface area (Å²) in [5.41, 5.74) is 9.62. The zero-order valence-electron chi connectivity index (χ0n) is 36.7. The van der Waals surface area contributed by atoms with Gasteiger partial charge >= 0.3 is 0 Å². The largest absolute Gasteiger partial charge is 1.00 e. The van der Waals surface area contributed by atoms with E-state index in [0.717, 1.165) is 69.4 Å². The van der Waals surface area contributed by atoms with Crippen molar-refractivity contribution in [2.45, 2.75) is 71.4 Å². The molecule has 0 radical (unpaired) electrons. The molecule has 0 aliphatic carbocycles. The molecule has 2 aliphatic rings. The molecular formula is C40H68ClN16O5+. The molecule has 344 valence electrons. The van der Waals surface area contributed by atoms with Crippen LogP contribution in [0.25, 0.3) is 0 Å². The fourth-order valence-corrected chi connectivity index (χ4v) is 7.13. The number of amides is 2. The topological polar surface area (TPSA) is 242 Å². The number of hydrogen-bond donors (Lipinski definition) is 3. The first-order valence-corrected chi connectivity index (χ1v) is 21.9. The van der Waals surface area contributed by atoms with E-state index in [-0.39, 0.29) is 43.3 Å². The van der Waals surface area contributed by atoms with Crippen molar-refractivity contribution >= 4 is 29.7 Å². The van der Waals surface area contributed by atoms with Crippen LogP contribution in [0, 0.1) is 18.3 Å². The van der Waals surface area contributed by atoms with Crippen LogP contribution >= 0.6 is 0 Å². The van der Waals surface area contributed by atoms with Crippen molar-refractivity contribution in [3.8, 4) is 12.3 Å². The van der Waals surface area contributed by atoms with E-state index in [1.807, 2.05) is 22.2 Å². The van der Waals surface area contributed by atoms with E-state index < -0.39 is 6.04 Å². The fraction of sp³-hybridized carbons (Fsp3) is 0.725. The van der Waals surface area contributed by atoms with E-state index in [2.05, 4.69) is 67.0 Å². The molecule has 2 atom stereocenters. The molecule has 2 amide bonds. The number of nitrogens with one attached hydrogen (secondary N) is 1. The van der Waals surface area contributed by atoms with Gasteiger partial charge in [-0.2, -0.15) is 15.0 Å². The fourth-order valence-electron chi connectivity index (χ4n) is 7.13. The van der Waals surface area contributed by atoms with Crippen LogP contribution in [0.2, 0.25) is 0 Å². The molecule has 5 rings (SSSR count). The van der Waals surface area contributed by atoms with Crippen LogP contribution in [-0.2, 0) is 43.2 Å². The number of ether oxygens (including phenoxy) is 3. The van der Waals surface area contributed by atoms with Crippen molar-refractivity contribution in [1.29, 1.82) is 0 Å². The molecule has 0 saturated carbocycles. The Kier molecular flexibility index (Phi) is 22.0. The highest BCUT2D eigenvalue weighted by Gasteiger charge is 2.34. The van der Waals surface area contributed by atoms with Crippen molar-refractivity contribution < 1.29 is 47.7 Å². The Balaban J connectivity index is 0.00000845. The van der Waals surface area contributed by atoms with Crippen LogP contribution in [0.3, 0.4) is 0 Å². The summed E-state index contributed by atoms with van der Waals surface area (Å²) in [5, 5.41) is 20.5. The molecule has 2 unspecified atom stereocenters. The minimum atomic E-state index is -0.431. The molecular weight excluding hydrogens is 820 g/mol. The highest BCUT2D eigenvalue weighted by atomic mass is 35.5. The Morgan fingerprint density at radius 2 is 1.34 bits per heavy atom. The smallest absolute Gasteiger partial charge is 0.247 e. The second-order valence-corrected chi connectivity index (χ2v) is 15.4. The normalized spacial score (nSPS) is 15.3. The Labute approximate surface area is 371 Å². The minimum Gasteiger partial charge on any atom is -1.00 e. The monoisotopic (exact) mass is 888 g/mol. The number of carbonyl (C=O) groups excluding carboxylic acids is 2. The molecule has 3 aromatic rings. The molecule has 62 heavy (non-hydrogen) atoms. The molecule has 22 heteroatoms. The van der Waals surface area contributed by atoms with Gasteiger partial charge in [-0.3, -0.25) is 9.59 Å². The number of rotatable bonds is 27. The van der Waals surface area contributed by atoms with Gasteiger partial charge in [0.2, 0.25) is 29.7 Å². The van der Waals surface area contributed by atoms with Crippen molar-refractivity contribution in [3.63, 3.8) is 0 Å². The number of unbranched alkanes of at least 4 members (excludes halogenated alkanes) is 2. The number of carbonyl (C=O) groups is 2. The van der Waals surface area contributed by atoms with Crippen molar-refractivity contribution in [3.05, 3.63) is 23.8 Å². The average molecular weight is 889 g/mol. The van der Waals surface area contributed by atoms with Gasteiger partial charge in [0.05, 0.1) is 57.5 Å². The third-order valence-corrected chi connectivity index (χ3v) is 10.9. The maximum atomic E-state index is 14.1. The maximum absolute atomic E-state index is 14.1. The molecule has 2 fully saturated rings. The lowest BCUT2D eigenvalue weighted by Gasteiger charge is -2.38. The van der Waals surface area contributed by atoms with E-state index in [1.165, 1.54) is 0 Å². The van der Waals surface area contributed by atoms with Crippen molar-refractivity contribution in [2.75, 3.05) is 127 Å². The van der Waals surface area contributed by atoms with Gasteiger partial charge in [-0.15, -0.1) is 16.6 Å². The zero-order valence-corrected chi connectivity index (χ0v) is 37.5. The molecule has 2 saturated heterocycles. The van der Waals surface area contributed by atoms with Gasteiger partial charge in [0.1, 0.15) is 19.2 Å². The summed E-state index contributed by atoms with van der Waals surface area (Å²) in [6.07, 6.45) is 15.5. The summed E-state index contributed by atoms with van der Waals surface area (Å²) in [6, 6.07) is -0.431. The van der Waals surface area contributed by atoms with Crippen LogP contribution in [0.1, 0.15) is 63.4 Å². The Morgan fingerprint density at radius 1 is 0.774 bits per heavy atom. The van der Waals surface area contributed by atoms with E-state index >= 15 is 0 Å². The van der Waals surface area contributed by atoms with Gasteiger partial charge in [0.25, 0.3) is 0 Å². The molecule has 0 aromatic carbocycles. The number of nitrogens with zero attached hydrogens (tertiary/aromatic N) is 13. The Bertz CT molecular complexity index is 1790. The summed E-state index contributed by atoms with van der Waals surface area (Å²) in [5.74, 6) is 4.03. The average Bonchev–Trinajstić information content (AvgIpc) is 3.95. The first-order valence-electron chi connectivity index (χ1n) is 21.9. The van der Waals surface area contributed by atoms with E-state index in [0.29, 0.717) is 110 Å². The van der Waals surface area contributed by atoms with Crippen LogP contribution < -0.4 is 39.0 Å². The summed E-state index contributed by atoms with van der Waals surface area (Å²) in [4.78, 5) is 49.9. The third kappa shape index (κ3) is 15.6. The van der Waals surface area contributed by atoms with E-state index in [1.54, 1.807) is 9.36 Å². The zero-order chi connectivity index (χ0) is 43.2. The molecule has 0 spiro atoms. The predicted molar refractivity (Wildman–Crippen MR) is 227 cm³/mol. The van der Waals surface area contributed by atoms with Gasteiger partial charge in [0.15, 0.2) is 0 Å². The SMILES string of the molecule is C#CCOCCOCCOCCNc1nc(N2CCN(C(=O)Cn3cc(CCCC[NH3+])nn3)CC2)nc(N2CCN(C(=O)C(C(C)CC)n3cc(CCCC[NH3+])nn3)CC2)n1.[Cl-]. The molecule has 5 heterocycles. The lowest BCUT2D eigenvalue weighted by molar-refractivity contribution is -0.368. The second-order valence-electron chi connectivity index (χ2n) is 15.4. The van der Waals surface area contributed by atoms with E-state index in [9.17, 15) is 9.59 Å². The van der Waals surface area contributed by atoms with Crippen LogP contribution in [0.5, 0.6) is 0 Å². The number of halogens is 1. The first kappa shape index (κ1) is 49.9. The Hall–Kier alpha value is -4.72. The van der Waals surface area contributed by atoms with Crippen LogP contribution in [-0.4, -0.2) is 178 Å². The van der Waals surface area contributed by atoms with Gasteiger partial charge in [0, 0.05) is 71.3 Å². The predicted octanol–water partition coefficient (Wildman–Crippen LogP) is -4.43. The number of terminal acetylenes is 1. The number of aromatic nitrogens is 9. The van der Waals surface area contributed by atoms with Crippen molar-refractivity contribution in [2.24, 2.45) is 5.92 Å². The Morgan fingerprint density at radius 3 is 1.94 bits per heavy atom. The van der Waals surface area contributed by atoms with E-state index in [4.69, 9.17) is 35.6 Å². The second kappa shape index (κ2) is 27.4. The summed E-state index contributed by atoms with van der Waals surface area (Å²) in [7, 11) is 0. The first-order chi connectivity index (χ1) is 29.8. The standard InChI is InChI=1S/C40H66N16O5.ClH/c1-4-23-59-25-27-61-28-26-60-24-14-43-38-44-39(53-19-15-51(16-20-53)35(57)31-55-29-33(47-49-55)10-6-8-12-41)46-40(45-38)54-21-17-52(18-22-54)37(58)36(32(3)5-2)56-30-34(48-50-56)11-7-9-13-42;/h1,29-30,32,36H,5-28,31,41-42H2,2-3H3,(H,43,44,45,46);1H/p+1. The lowest BCUT2D eigenvalue weighted by Crippen LogP contribution is -3.00. The van der Waals surface area contributed by atoms with Gasteiger partial charge < -0.3 is 63.0 Å². The van der Waals surface area contributed by atoms with Crippen LogP contribution in [0.15, 0.2) is 12.4 Å². The van der Waals surface area contributed by atoms with Crippen LogP contribution in [0.4, 0.5) is 17.8 Å². The van der Waals surface area contributed by atoms with Gasteiger partial charge in [-0.05, 0) is 44.4 Å². The molecule has 21 nitrogen and oxygen atoms in total. The highest BCUT2D eigenvalue weighted by Crippen LogP contribution is 2.26. The molecule has 0 bridgehead atoms. The molecule has 7 N–H and O–H groups in total. The van der Waals surface area contributed by atoms with Gasteiger partial charge in [-0.1, -0.05) is 36.6 Å². The highest BCUT2D eigenvalue weighted by molar-refractivity contribution is 5.81. The maximum Gasteiger partial charge on any atom is 0.247 e. The molecule has 2 aliphatic heterocycles. The van der Waals surface area contributed by atoms with Crippen molar-refractivity contribution in [1.82, 2.24) is 54.7 Å². The minimum absolute atomic E-state index is 0. The number of hydrogen-bond acceptors (Lipinski definition) is 15. The summed E-state index contributed by atoms with van der Waals surface area (Å²) < 4.78 is 19.9. The number of piperazine rings is 2. The molecule has 3 aromatic heterocycles. The quantitative estimate of drug-likeness (QED) is 0.0484. The number of anilines is 3. The van der Waals surface area contributed by atoms with Gasteiger partial charge in [-0.25, -0.2) is 9.36 Å².